The summed E-state index contributed by atoms with van der Waals surface area (Å²) >= 11 is 0. The van der Waals surface area contributed by atoms with Crippen LogP contribution in [0.15, 0.2) is 43.0 Å². The second-order valence-electron chi connectivity index (χ2n) is 7.33. The zero-order chi connectivity index (χ0) is 20.0. The average Bonchev–Trinajstić information content (AvgIpc) is 3.37. The smallest absolute Gasteiger partial charge is 0.257 e. The summed E-state index contributed by atoms with van der Waals surface area (Å²) in [5.41, 5.74) is 4.48. The molecule has 1 saturated heterocycles. The number of hydrogen-bond acceptors (Lipinski definition) is 5. The maximum Gasteiger partial charge on any atom is 0.257 e. The molecule has 0 saturated carbocycles. The van der Waals surface area contributed by atoms with Gasteiger partial charge in [0.15, 0.2) is 0 Å². The van der Waals surface area contributed by atoms with Crippen molar-refractivity contribution in [3.8, 4) is 17.2 Å². The summed E-state index contributed by atoms with van der Waals surface area (Å²) in [5.74, 6) is 0.0117. The number of hydrogen-bond donors (Lipinski definition) is 1. The Morgan fingerprint density at radius 3 is 2.83 bits per heavy atom. The van der Waals surface area contributed by atoms with Crippen molar-refractivity contribution in [3.05, 3.63) is 54.1 Å². The van der Waals surface area contributed by atoms with Gasteiger partial charge in [-0.3, -0.25) is 4.79 Å². The predicted molar refractivity (Wildman–Crippen MR) is 108 cm³/mol. The lowest BCUT2D eigenvalue weighted by atomic mass is 10.0. The van der Waals surface area contributed by atoms with Crippen LogP contribution >= 0.6 is 0 Å². The lowest BCUT2D eigenvalue weighted by Gasteiger charge is -2.32. The van der Waals surface area contributed by atoms with E-state index in [-0.39, 0.29) is 5.91 Å². The number of piperazine rings is 1. The van der Waals surface area contributed by atoms with Gasteiger partial charge in [-0.05, 0) is 30.8 Å². The van der Waals surface area contributed by atoms with E-state index in [1.165, 1.54) is 0 Å². The molecule has 1 amide bonds. The molecular weight excluding hydrogens is 366 g/mol. The Balaban J connectivity index is 1.57. The number of pyridine rings is 2. The van der Waals surface area contributed by atoms with E-state index < -0.39 is 0 Å². The number of H-pyrrole nitrogens is 1. The average molecular weight is 385 g/mol. The number of fused-ring (bicyclic) bond motifs is 2. The number of aromatic amines is 1. The van der Waals surface area contributed by atoms with Gasteiger partial charge in [0.1, 0.15) is 11.7 Å². The minimum absolute atomic E-state index is 0.0117. The Bertz CT molecular complexity index is 1270. The summed E-state index contributed by atoms with van der Waals surface area (Å²) in [6.07, 6.45) is 6.93. The largest absolute Gasteiger partial charge is 0.346 e. The van der Waals surface area contributed by atoms with Crippen molar-refractivity contribution in [2.75, 3.05) is 33.2 Å². The first kappa shape index (κ1) is 17.4. The summed E-state index contributed by atoms with van der Waals surface area (Å²) in [6, 6.07) is 7.88. The van der Waals surface area contributed by atoms with Gasteiger partial charge in [-0.2, -0.15) is 10.4 Å². The first-order chi connectivity index (χ1) is 14.1. The maximum atomic E-state index is 13.1. The topological polar surface area (TPSA) is 93.3 Å². The van der Waals surface area contributed by atoms with E-state index in [4.69, 9.17) is 0 Å². The summed E-state index contributed by atoms with van der Waals surface area (Å²) in [7, 11) is 2.07. The summed E-state index contributed by atoms with van der Waals surface area (Å²) in [5, 5.41) is 14.4. The third kappa shape index (κ3) is 2.92. The molecule has 0 spiro atoms. The van der Waals surface area contributed by atoms with Gasteiger partial charge in [-0.15, -0.1) is 0 Å². The summed E-state index contributed by atoms with van der Waals surface area (Å²) < 4.78 is 1.72. The Hall–Kier alpha value is -3.70. The van der Waals surface area contributed by atoms with Gasteiger partial charge in [0.25, 0.3) is 5.91 Å². The number of likely N-dealkylation sites (N-methyl/N-ethyl adjacent to an activating group) is 1. The molecular formula is C21H19N7O. The molecule has 4 aromatic heterocycles. The van der Waals surface area contributed by atoms with E-state index in [1.54, 1.807) is 16.9 Å². The third-order valence-corrected chi connectivity index (χ3v) is 5.51. The molecule has 0 radical (unpaired) electrons. The third-order valence-electron chi connectivity index (χ3n) is 5.51. The van der Waals surface area contributed by atoms with Crippen LogP contribution in [0, 0.1) is 11.3 Å². The fraction of sp³-hybridized carbons (Fsp3) is 0.238. The Morgan fingerprint density at radius 2 is 2.03 bits per heavy atom. The van der Waals surface area contributed by atoms with Crippen molar-refractivity contribution in [2.24, 2.45) is 0 Å². The summed E-state index contributed by atoms with van der Waals surface area (Å²) in [4.78, 5) is 24.6. The number of amides is 1. The maximum absolute atomic E-state index is 13.1. The first-order valence-electron chi connectivity index (χ1n) is 9.47. The van der Waals surface area contributed by atoms with E-state index in [0.717, 1.165) is 53.9 Å². The number of carbonyl (C=O) groups excluding carboxylic acids is 1. The predicted octanol–water partition coefficient (Wildman–Crippen LogP) is 2.14. The van der Waals surface area contributed by atoms with Gasteiger partial charge in [-0.1, -0.05) is 0 Å². The molecule has 0 aromatic carbocycles. The SMILES string of the molecule is CN1CCN(C(=O)c2cnn3ccc(-c4c[nH]c5ncc(C#N)cc45)cc23)CC1. The van der Waals surface area contributed by atoms with Crippen LogP contribution in [-0.4, -0.2) is 68.5 Å². The number of rotatable bonds is 2. The molecule has 4 aromatic rings. The lowest BCUT2D eigenvalue weighted by Crippen LogP contribution is -2.47. The van der Waals surface area contributed by atoms with Crippen LogP contribution in [0.3, 0.4) is 0 Å². The molecule has 29 heavy (non-hydrogen) atoms. The molecule has 0 unspecified atom stereocenters. The normalized spacial score (nSPS) is 15.1. The molecule has 5 heterocycles. The Labute approximate surface area is 167 Å². The molecule has 1 aliphatic heterocycles. The van der Waals surface area contributed by atoms with Crippen molar-refractivity contribution in [1.82, 2.24) is 29.4 Å². The number of carbonyl (C=O) groups is 1. The Kier molecular flexibility index (Phi) is 4.03. The van der Waals surface area contributed by atoms with Crippen molar-refractivity contribution in [2.45, 2.75) is 0 Å². The number of nitrogens with one attached hydrogen (secondary N) is 1. The zero-order valence-electron chi connectivity index (χ0n) is 16.0. The molecule has 1 N–H and O–H groups in total. The van der Waals surface area contributed by atoms with Gasteiger partial charge >= 0.3 is 0 Å². The number of nitrogens with zero attached hydrogens (tertiary/aromatic N) is 6. The lowest BCUT2D eigenvalue weighted by molar-refractivity contribution is 0.0666. The van der Waals surface area contributed by atoms with Gasteiger partial charge in [0, 0.05) is 55.7 Å². The highest BCUT2D eigenvalue weighted by molar-refractivity contribution is 6.02. The minimum Gasteiger partial charge on any atom is -0.346 e. The van der Waals surface area contributed by atoms with Crippen LogP contribution < -0.4 is 0 Å². The van der Waals surface area contributed by atoms with E-state index >= 15 is 0 Å². The second kappa shape index (κ2) is 6.72. The fourth-order valence-electron chi connectivity index (χ4n) is 3.80. The van der Waals surface area contributed by atoms with E-state index in [1.807, 2.05) is 35.5 Å². The molecule has 0 atom stereocenters. The first-order valence-corrected chi connectivity index (χ1v) is 9.47. The van der Waals surface area contributed by atoms with Gasteiger partial charge in [0.2, 0.25) is 0 Å². The fourth-order valence-corrected chi connectivity index (χ4v) is 3.80. The summed E-state index contributed by atoms with van der Waals surface area (Å²) in [6.45, 7) is 3.19. The van der Waals surface area contributed by atoms with Gasteiger partial charge < -0.3 is 14.8 Å². The molecule has 1 aliphatic rings. The van der Waals surface area contributed by atoms with E-state index in [2.05, 4.69) is 33.1 Å². The molecule has 1 fully saturated rings. The van der Waals surface area contributed by atoms with Crippen molar-refractivity contribution in [3.63, 3.8) is 0 Å². The molecule has 144 valence electrons. The zero-order valence-corrected chi connectivity index (χ0v) is 16.0. The van der Waals surface area contributed by atoms with Crippen LogP contribution in [0.2, 0.25) is 0 Å². The van der Waals surface area contributed by atoms with Crippen LogP contribution in [0.5, 0.6) is 0 Å². The molecule has 0 bridgehead atoms. The van der Waals surface area contributed by atoms with Crippen LogP contribution in [0.1, 0.15) is 15.9 Å². The van der Waals surface area contributed by atoms with Crippen molar-refractivity contribution < 1.29 is 4.79 Å². The molecule has 5 rings (SSSR count). The van der Waals surface area contributed by atoms with Crippen molar-refractivity contribution >= 4 is 22.5 Å². The van der Waals surface area contributed by atoms with E-state index in [9.17, 15) is 10.1 Å². The monoisotopic (exact) mass is 385 g/mol. The minimum atomic E-state index is 0.0117. The second-order valence-corrected chi connectivity index (χ2v) is 7.33. The van der Waals surface area contributed by atoms with E-state index in [0.29, 0.717) is 11.1 Å². The van der Waals surface area contributed by atoms with Crippen LogP contribution in [-0.2, 0) is 0 Å². The molecule has 8 heteroatoms. The highest BCUT2D eigenvalue weighted by Crippen LogP contribution is 2.30. The van der Waals surface area contributed by atoms with Gasteiger partial charge in [-0.25, -0.2) is 9.50 Å². The Morgan fingerprint density at radius 1 is 1.21 bits per heavy atom. The molecule has 0 aliphatic carbocycles. The quantitative estimate of drug-likeness (QED) is 0.571. The van der Waals surface area contributed by atoms with Crippen LogP contribution in [0.4, 0.5) is 0 Å². The number of aromatic nitrogens is 4. The molecule has 8 nitrogen and oxygen atoms in total. The van der Waals surface area contributed by atoms with Crippen molar-refractivity contribution in [1.29, 1.82) is 5.26 Å². The highest BCUT2D eigenvalue weighted by Gasteiger charge is 2.23. The number of nitriles is 1. The standard InChI is InChI=1S/C21H19N7O/c1-26-4-6-27(7-5-26)21(29)18-13-25-28-3-2-15(9-19(18)28)17-12-24-20-16(17)8-14(10-22)11-23-20/h2-3,8-9,11-13H,4-7H2,1H3,(H,23,24). The van der Waals surface area contributed by atoms with Gasteiger partial charge in [0.05, 0.1) is 22.8 Å². The van der Waals surface area contributed by atoms with Crippen LogP contribution in [0.25, 0.3) is 27.7 Å². The highest BCUT2D eigenvalue weighted by atomic mass is 16.2.